The molecule has 9 heteroatoms. The molecule has 3 N–H and O–H groups in total. The predicted octanol–water partition coefficient (Wildman–Crippen LogP) is 3.77. The maximum atomic E-state index is 14.8. The molecule has 2 amide bonds. The summed E-state index contributed by atoms with van der Waals surface area (Å²) in [6, 6.07) is 2.21. The molecule has 198 valence electrons. The Labute approximate surface area is 211 Å². The van der Waals surface area contributed by atoms with Crippen molar-refractivity contribution in [3.63, 3.8) is 0 Å². The van der Waals surface area contributed by atoms with E-state index in [0.29, 0.717) is 38.1 Å². The number of fused-ring (bicyclic) bond motifs is 2. The molecule has 0 heterocycles. The highest BCUT2D eigenvalue weighted by molar-refractivity contribution is 5.98. The number of rotatable bonds is 9. The Hall–Kier alpha value is -2.84. The standard InChI is InChI=1S/C27H37FN2O6/c1-14(2)13-29-26(32)23-16-4-5-17(10-16)24(23)30-25(31)19-11-22(20(28)12-21(19)35-3)36-18-8-6-15(7-9-18)27(33)34/h11-12,14-18,23-24H,4-10,13H2,1-3H3,(H,29,32)(H,30,31)(H,33,34). The van der Waals surface area contributed by atoms with Crippen LogP contribution < -0.4 is 20.1 Å². The fourth-order valence-electron chi connectivity index (χ4n) is 6.11. The molecule has 8 nitrogen and oxygen atoms in total. The van der Waals surface area contributed by atoms with Gasteiger partial charge < -0.3 is 25.2 Å². The number of hydrogen-bond donors (Lipinski definition) is 3. The molecule has 36 heavy (non-hydrogen) atoms. The van der Waals surface area contributed by atoms with E-state index in [-0.39, 0.29) is 52.9 Å². The first-order valence-corrected chi connectivity index (χ1v) is 13.0. The molecular weight excluding hydrogens is 467 g/mol. The molecule has 3 saturated carbocycles. The Morgan fingerprint density at radius 2 is 1.75 bits per heavy atom. The van der Waals surface area contributed by atoms with E-state index < -0.39 is 23.6 Å². The third kappa shape index (κ3) is 5.60. The fourth-order valence-corrected chi connectivity index (χ4v) is 6.11. The van der Waals surface area contributed by atoms with Crippen LogP contribution in [0.1, 0.15) is 69.2 Å². The molecule has 3 fully saturated rings. The topological polar surface area (TPSA) is 114 Å². The second-order valence-corrected chi connectivity index (χ2v) is 10.9. The van der Waals surface area contributed by atoms with Crippen LogP contribution in [-0.2, 0) is 9.59 Å². The first-order chi connectivity index (χ1) is 17.2. The maximum absolute atomic E-state index is 14.8. The lowest BCUT2D eigenvalue weighted by atomic mass is 9.83. The smallest absolute Gasteiger partial charge is 0.306 e. The zero-order valence-corrected chi connectivity index (χ0v) is 21.2. The highest BCUT2D eigenvalue weighted by Crippen LogP contribution is 2.49. The average Bonchev–Trinajstić information content (AvgIpc) is 3.45. The third-order valence-electron chi connectivity index (χ3n) is 8.02. The molecule has 0 aromatic heterocycles. The summed E-state index contributed by atoms with van der Waals surface area (Å²) in [7, 11) is 1.37. The van der Waals surface area contributed by atoms with Crippen LogP contribution >= 0.6 is 0 Å². The Morgan fingerprint density at radius 1 is 1.06 bits per heavy atom. The second-order valence-electron chi connectivity index (χ2n) is 10.9. The number of ether oxygens (including phenoxy) is 2. The minimum atomic E-state index is -0.820. The number of carboxylic acids is 1. The molecule has 0 spiro atoms. The van der Waals surface area contributed by atoms with Crippen molar-refractivity contribution in [2.45, 2.75) is 70.9 Å². The Bertz CT molecular complexity index is 991. The fraction of sp³-hybridized carbons (Fsp3) is 0.667. The summed E-state index contributed by atoms with van der Waals surface area (Å²) < 4.78 is 26.0. The number of hydrogen-bond acceptors (Lipinski definition) is 5. The number of carboxylic acid groups (broad SMARTS) is 1. The van der Waals surface area contributed by atoms with Gasteiger partial charge in [-0.25, -0.2) is 4.39 Å². The van der Waals surface area contributed by atoms with Crippen LogP contribution in [0.25, 0.3) is 0 Å². The van der Waals surface area contributed by atoms with Gasteiger partial charge in [0.15, 0.2) is 11.6 Å². The summed E-state index contributed by atoms with van der Waals surface area (Å²) in [6.45, 7) is 4.67. The molecule has 4 rings (SSSR count). The third-order valence-corrected chi connectivity index (χ3v) is 8.02. The minimum Gasteiger partial charge on any atom is -0.496 e. The molecule has 3 aliphatic carbocycles. The van der Waals surface area contributed by atoms with Crippen LogP contribution in [-0.4, -0.2) is 48.7 Å². The van der Waals surface area contributed by atoms with E-state index in [2.05, 4.69) is 10.6 Å². The highest BCUT2D eigenvalue weighted by atomic mass is 19.1. The SMILES string of the molecule is COc1cc(F)c(OC2CCC(C(=O)O)CC2)cc1C(=O)NC1C2CCC(C2)C1C(=O)NCC(C)C. The van der Waals surface area contributed by atoms with Crippen molar-refractivity contribution in [3.05, 3.63) is 23.5 Å². The van der Waals surface area contributed by atoms with Gasteiger partial charge in [0.05, 0.1) is 30.6 Å². The van der Waals surface area contributed by atoms with Crippen molar-refractivity contribution in [2.24, 2.45) is 29.6 Å². The number of amides is 2. The van der Waals surface area contributed by atoms with Crippen molar-refractivity contribution < 1.29 is 33.4 Å². The van der Waals surface area contributed by atoms with Gasteiger partial charge in [-0.3, -0.25) is 14.4 Å². The van der Waals surface area contributed by atoms with Gasteiger partial charge >= 0.3 is 5.97 Å². The summed E-state index contributed by atoms with van der Waals surface area (Å²) in [6.07, 6.45) is 4.49. The van der Waals surface area contributed by atoms with Crippen molar-refractivity contribution in [3.8, 4) is 11.5 Å². The minimum absolute atomic E-state index is 0.0201. The largest absolute Gasteiger partial charge is 0.496 e. The van der Waals surface area contributed by atoms with Gasteiger partial charge in [0.25, 0.3) is 5.91 Å². The van der Waals surface area contributed by atoms with Crippen LogP contribution in [0, 0.1) is 35.4 Å². The van der Waals surface area contributed by atoms with Gasteiger partial charge in [-0.2, -0.15) is 0 Å². The summed E-state index contributed by atoms with van der Waals surface area (Å²) >= 11 is 0. The van der Waals surface area contributed by atoms with Gasteiger partial charge in [-0.1, -0.05) is 13.8 Å². The zero-order chi connectivity index (χ0) is 26.0. The van der Waals surface area contributed by atoms with E-state index in [4.69, 9.17) is 9.47 Å². The number of methoxy groups -OCH3 is 1. The highest BCUT2D eigenvalue weighted by Gasteiger charge is 2.51. The van der Waals surface area contributed by atoms with E-state index >= 15 is 0 Å². The Kier molecular flexibility index (Phi) is 8.05. The summed E-state index contributed by atoms with van der Waals surface area (Å²) in [5.74, 6) is -1.73. The van der Waals surface area contributed by atoms with Crippen molar-refractivity contribution in [1.82, 2.24) is 10.6 Å². The Balaban J connectivity index is 1.48. The van der Waals surface area contributed by atoms with E-state index in [9.17, 15) is 23.9 Å². The van der Waals surface area contributed by atoms with E-state index in [1.54, 1.807) is 0 Å². The van der Waals surface area contributed by atoms with Gasteiger partial charge in [-0.05, 0) is 68.8 Å². The molecule has 2 bridgehead atoms. The van der Waals surface area contributed by atoms with Crippen LogP contribution in [0.2, 0.25) is 0 Å². The van der Waals surface area contributed by atoms with Crippen molar-refractivity contribution >= 4 is 17.8 Å². The number of nitrogens with one attached hydrogen (secondary N) is 2. The average molecular weight is 505 g/mol. The zero-order valence-electron chi connectivity index (χ0n) is 21.2. The number of halogens is 1. The van der Waals surface area contributed by atoms with Crippen LogP contribution in [0.4, 0.5) is 4.39 Å². The molecule has 4 atom stereocenters. The quantitative estimate of drug-likeness (QED) is 0.472. The second kappa shape index (κ2) is 11.0. The molecule has 0 saturated heterocycles. The number of benzene rings is 1. The normalized spacial score (nSPS) is 29.1. The molecule has 0 aliphatic heterocycles. The van der Waals surface area contributed by atoms with Gasteiger partial charge in [0.2, 0.25) is 5.91 Å². The number of carbonyl (C=O) groups excluding carboxylic acids is 2. The Morgan fingerprint density at radius 3 is 2.39 bits per heavy atom. The molecular formula is C27H37FN2O6. The summed E-state index contributed by atoms with van der Waals surface area (Å²) in [4.78, 5) is 37.6. The van der Waals surface area contributed by atoms with Gasteiger partial charge in [-0.15, -0.1) is 0 Å². The predicted molar refractivity (Wildman–Crippen MR) is 130 cm³/mol. The molecule has 1 aromatic carbocycles. The lowest BCUT2D eigenvalue weighted by Gasteiger charge is -2.31. The first kappa shape index (κ1) is 26.2. The van der Waals surface area contributed by atoms with Gasteiger partial charge in [0.1, 0.15) is 5.75 Å². The van der Waals surface area contributed by atoms with Crippen molar-refractivity contribution in [1.29, 1.82) is 0 Å². The van der Waals surface area contributed by atoms with E-state index in [1.165, 1.54) is 13.2 Å². The number of aliphatic carboxylic acids is 1. The molecule has 3 aliphatic rings. The lowest BCUT2D eigenvalue weighted by molar-refractivity contribution is -0.143. The monoisotopic (exact) mass is 504 g/mol. The summed E-state index contributed by atoms with van der Waals surface area (Å²) in [5.41, 5.74) is 0.150. The van der Waals surface area contributed by atoms with Gasteiger partial charge in [0, 0.05) is 18.7 Å². The lowest BCUT2D eigenvalue weighted by Crippen LogP contribution is -2.50. The van der Waals surface area contributed by atoms with E-state index in [0.717, 1.165) is 25.3 Å². The molecule has 1 aromatic rings. The van der Waals surface area contributed by atoms with Crippen molar-refractivity contribution in [2.75, 3.05) is 13.7 Å². The molecule has 0 radical (unpaired) electrons. The van der Waals surface area contributed by atoms with Crippen LogP contribution in [0.5, 0.6) is 11.5 Å². The van der Waals surface area contributed by atoms with Crippen LogP contribution in [0.15, 0.2) is 12.1 Å². The number of carbonyl (C=O) groups is 3. The van der Waals surface area contributed by atoms with Crippen LogP contribution in [0.3, 0.4) is 0 Å². The maximum Gasteiger partial charge on any atom is 0.306 e. The summed E-state index contributed by atoms with van der Waals surface area (Å²) in [5, 5.41) is 15.3. The first-order valence-electron chi connectivity index (χ1n) is 13.0. The molecule has 4 unspecified atom stereocenters. The van der Waals surface area contributed by atoms with E-state index in [1.807, 2.05) is 13.8 Å².